The molecule has 0 saturated carbocycles. The normalized spacial score (nSPS) is 11.3. The molecule has 0 unspecified atom stereocenters. The van der Waals surface area contributed by atoms with Crippen molar-refractivity contribution in [2.45, 2.75) is 6.92 Å². The average molecular weight is 309 g/mol. The van der Waals surface area contributed by atoms with Gasteiger partial charge in [-0.2, -0.15) is 4.99 Å². The van der Waals surface area contributed by atoms with Crippen molar-refractivity contribution in [3.63, 3.8) is 0 Å². The maximum atomic E-state index is 11.9. The number of fused-ring (bicyclic) bond motifs is 1. The van der Waals surface area contributed by atoms with Crippen molar-refractivity contribution in [1.29, 1.82) is 0 Å². The molecule has 0 aliphatic heterocycles. The Labute approximate surface area is 113 Å². The molecular weight excluding hydrogens is 296 g/mol. The average Bonchev–Trinajstić information content (AvgIpc) is 2.68. The fourth-order valence-corrected chi connectivity index (χ4v) is 1.96. The fourth-order valence-electron chi connectivity index (χ4n) is 1.59. The van der Waals surface area contributed by atoms with E-state index in [0.717, 1.165) is 15.8 Å². The molecule has 2 aromatic heterocycles. The highest BCUT2D eigenvalue weighted by molar-refractivity contribution is 9.10. The largest absolute Gasteiger partial charge is 0.369 e. The van der Waals surface area contributed by atoms with Crippen molar-refractivity contribution in [2.75, 3.05) is 14.1 Å². The van der Waals surface area contributed by atoms with Crippen LogP contribution < -0.4 is 0 Å². The lowest BCUT2D eigenvalue weighted by Gasteiger charge is -2.04. The number of hydrogen-bond acceptors (Lipinski definition) is 2. The molecular formula is C12H13BrN4O. The molecule has 6 heteroatoms. The molecule has 2 rings (SSSR count). The number of aliphatic imine (C=N–C) groups is 1. The van der Waals surface area contributed by atoms with Crippen LogP contribution in [0.1, 0.15) is 15.9 Å². The molecule has 0 aliphatic carbocycles. The third kappa shape index (κ3) is 2.43. The topological polar surface area (TPSA) is 50.0 Å². The molecule has 5 nitrogen and oxygen atoms in total. The van der Waals surface area contributed by atoms with E-state index >= 15 is 0 Å². The van der Waals surface area contributed by atoms with Gasteiger partial charge in [0.15, 0.2) is 0 Å². The minimum absolute atomic E-state index is 0.269. The summed E-state index contributed by atoms with van der Waals surface area (Å²) in [7, 11) is 3.63. The number of carbonyl (C=O) groups excluding carboxylic acids is 1. The first-order valence-electron chi connectivity index (χ1n) is 5.37. The summed E-state index contributed by atoms with van der Waals surface area (Å²) in [5.74, 6) is -0.269. The maximum absolute atomic E-state index is 11.9. The fraction of sp³-hybridized carbons (Fsp3) is 0.250. The van der Waals surface area contributed by atoms with Crippen molar-refractivity contribution >= 4 is 33.8 Å². The third-order valence-corrected chi connectivity index (χ3v) is 2.98. The van der Waals surface area contributed by atoms with Crippen LogP contribution in [0, 0.1) is 6.92 Å². The molecule has 0 aliphatic rings. The zero-order chi connectivity index (χ0) is 13.3. The molecule has 0 aromatic carbocycles. The zero-order valence-corrected chi connectivity index (χ0v) is 12.0. The zero-order valence-electron chi connectivity index (χ0n) is 10.4. The molecule has 94 valence electrons. The van der Waals surface area contributed by atoms with Crippen molar-refractivity contribution in [3.05, 3.63) is 34.2 Å². The lowest BCUT2D eigenvalue weighted by atomic mass is 10.2. The van der Waals surface area contributed by atoms with Gasteiger partial charge in [-0.15, -0.1) is 0 Å². The number of carbonyl (C=O) groups is 1. The SMILES string of the molecule is Cc1cc(C(=O)/N=C/N(C)C)cn2c(Br)cnc12. The van der Waals surface area contributed by atoms with Gasteiger partial charge in [-0.05, 0) is 34.5 Å². The van der Waals surface area contributed by atoms with Gasteiger partial charge in [0.25, 0.3) is 5.91 Å². The van der Waals surface area contributed by atoms with Crippen LogP contribution in [-0.4, -0.2) is 40.6 Å². The number of hydrogen-bond donors (Lipinski definition) is 0. The summed E-state index contributed by atoms with van der Waals surface area (Å²) in [5.41, 5.74) is 2.30. The summed E-state index contributed by atoms with van der Waals surface area (Å²) in [4.78, 5) is 21.7. The summed E-state index contributed by atoms with van der Waals surface area (Å²) >= 11 is 3.39. The third-order valence-electron chi connectivity index (χ3n) is 2.40. The van der Waals surface area contributed by atoms with Crippen LogP contribution in [-0.2, 0) is 0 Å². The van der Waals surface area contributed by atoms with E-state index in [4.69, 9.17) is 0 Å². The molecule has 0 N–H and O–H groups in total. The van der Waals surface area contributed by atoms with Gasteiger partial charge in [0.1, 0.15) is 10.3 Å². The summed E-state index contributed by atoms with van der Waals surface area (Å²) in [6.45, 7) is 1.92. The molecule has 2 heterocycles. The summed E-state index contributed by atoms with van der Waals surface area (Å²) in [5, 5.41) is 0. The van der Waals surface area contributed by atoms with Gasteiger partial charge in [-0.3, -0.25) is 9.20 Å². The number of aromatic nitrogens is 2. The van der Waals surface area contributed by atoms with E-state index in [9.17, 15) is 4.79 Å². The van der Waals surface area contributed by atoms with Gasteiger partial charge < -0.3 is 4.90 Å². The van der Waals surface area contributed by atoms with E-state index in [1.807, 2.05) is 25.4 Å². The van der Waals surface area contributed by atoms with E-state index in [0.29, 0.717) is 5.56 Å². The first kappa shape index (κ1) is 12.8. The Morgan fingerprint density at radius 2 is 2.28 bits per heavy atom. The number of imidazole rings is 1. The van der Waals surface area contributed by atoms with Crippen LogP contribution in [0.15, 0.2) is 28.1 Å². The van der Waals surface area contributed by atoms with Crippen LogP contribution in [0.5, 0.6) is 0 Å². The minimum atomic E-state index is -0.269. The Kier molecular flexibility index (Phi) is 3.47. The predicted octanol–water partition coefficient (Wildman–Crippen LogP) is 2.14. The smallest absolute Gasteiger partial charge is 0.279 e. The maximum Gasteiger partial charge on any atom is 0.279 e. The Morgan fingerprint density at radius 3 is 2.94 bits per heavy atom. The Morgan fingerprint density at radius 1 is 1.56 bits per heavy atom. The Bertz CT molecular complexity index is 630. The van der Waals surface area contributed by atoms with Gasteiger partial charge in [-0.25, -0.2) is 4.98 Å². The predicted molar refractivity (Wildman–Crippen MR) is 74.1 cm³/mol. The molecule has 18 heavy (non-hydrogen) atoms. The first-order chi connectivity index (χ1) is 8.49. The van der Waals surface area contributed by atoms with Crippen molar-refractivity contribution in [1.82, 2.24) is 14.3 Å². The van der Waals surface area contributed by atoms with Gasteiger partial charge in [0, 0.05) is 20.3 Å². The Hall–Kier alpha value is -1.69. The number of aryl methyl sites for hydroxylation is 1. The molecule has 2 aromatic rings. The van der Waals surface area contributed by atoms with Crippen LogP contribution >= 0.6 is 15.9 Å². The minimum Gasteiger partial charge on any atom is -0.369 e. The van der Waals surface area contributed by atoms with Gasteiger partial charge >= 0.3 is 0 Å². The van der Waals surface area contributed by atoms with Crippen LogP contribution in [0.25, 0.3) is 5.65 Å². The highest BCUT2D eigenvalue weighted by Crippen LogP contribution is 2.18. The number of pyridine rings is 1. The van der Waals surface area contributed by atoms with Crippen molar-refractivity contribution < 1.29 is 4.79 Å². The second kappa shape index (κ2) is 4.89. The summed E-state index contributed by atoms with van der Waals surface area (Å²) < 4.78 is 2.64. The van der Waals surface area contributed by atoms with E-state index in [1.165, 1.54) is 6.34 Å². The van der Waals surface area contributed by atoms with Gasteiger partial charge in [0.05, 0.1) is 18.1 Å². The summed E-state index contributed by atoms with van der Waals surface area (Å²) in [6, 6.07) is 1.80. The number of halogens is 1. The van der Waals surface area contributed by atoms with E-state index < -0.39 is 0 Å². The molecule has 1 amide bonds. The standard InChI is InChI=1S/C12H13BrN4O/c1-8-4-9(12(18)15-7-16(2)3)6-17-10(13)5-14-11(8)17/h4-7H,1-3H3/b15-7+. The Balaban J connectivity index is 2.46. The molecule has 0 atom stereocenters. The van der Waals surface area contributed by atoms with Crippen LogP contribution in [0.4, 0.5) is 0 Å². The van der Waals surface area contributed by atoms with E-state index in [1.54, 1.807) is 23.4 Å². The first-order valence-corrected chi connectivity index (χ1v) is 6.16. The van der Waals surface area contributed by atoms with Crippen LogP contribution in [0.3, 0.4) is 0 Å². The second-order valence-electron chi connectivity index (χ2n) is 4.20. The quantitative estimate of drug-likeness (QED) is 0.631. The highest BCUT2D eigenvalue weighted by Gasteiger charge is 2.10. The van der Waals surface area contributed by atoms with E-state index in [2.05, 4.69) is 25.9 Å². The van der Waals surface area contributed by atoms with Crippen LogP contribution in [0.2, 0.25) is 0 Å². The second-order valence-corrected chi connectivity index (χ2v) is 5.01. The molecule has 0 spiro atoms. The number of amides is 1. The van der Waals surface area contributed by atoms with Crippen molar-refractivity contribution in [3.8, 4) is 0 Å². The highest BCUT2D eigenvalue weighted by atomic mass is 79.9. The number of nitrogens with zero attached hydrogens (tertiary/aromatic N) is 4. The summed E-state index contributed by atoms with van der Waals surface area (Å²) in [6.07, 6.45) is 4.93. The molecule has 0 fully saturated rings. The van der Waals surface area contributed by atoms with Gasteiger partial charge in [-0.1, -0.05) is 0 Å². The number of rotatable bonds is 2. The van der Waals surface area contributed by atoms with Crippen molar-refractivity contribution in [2.24, 2.45) is 4.99 Å². The lowest BCUT2D eigenvalue weighted by Crippen LogP contribution is -2.10. The molecule has 0 saturated heterocycles. The molecule has 0 radical (unpaired) electrons. The van der Waals surface area contributed by atoms with Gasteiger partial charge in [0.2, 0.25) is 0 Å². The monoisotopic (exact) mass is 308 g/mol. The van der Waals surface area contributed by atoms with E-state index in [-0.39, 0.29) is 5.91 Å². The lowest BCUT2D eigenvalue weighted by molar-refractivity contribution is 0.100. The molecule has 0 bridgehead atoms.